The summed E-state index contributed by atoms with van der Waals surface area (Å²) < 4.78 is 5.70. The number of carbonyl (C=O) groups excluding carboxylic acids is 1. The molecule has 1 fully saturated rings. The predicted molar refractivity (Wildman–Crippen MR) is 76.6 cm³/mol. The van der Waals surface area contributed by atoms with Crippen LogP contribution in [0.4, 0.5) is 0 Å². The van der Waals surface area contributed by atoms with E-state index in [-0.39, 0.29) is 18.0 Å². The SMILES string of the molecule is Cc1ccccc1C(=O)CCN1CC(C)OC(C)C1. The highest BCUT2D eigenvalue weighted by molar-refractivity contribution is 5.97. The van der Waals surface area contributed by atoms with Crippen molar-refractivity contribution in [3.8, 4) is 0 Å². The minimum absolute atomic E-state index is 0.241. The van der Waals surface area contributed by atoms with Gasteiger partial charge in [-0.1, -0.05) is 24.3 Å². The third-order valence-electron chi connectivity index (χ3n) is 3.60. The number of hydrogen-bond donors (Lipinski definition) is 0. The van der Waals surface area contributed by atoms with Crippen molar-refractivity contribution in [3.05, 3.63) is 35.4 Å². The molecule has 0 aliphatic carbocycles. The van der Waals surface area contributed by atoms with Gasteiger partial charge >= 0.3 is 0 Å². The standard InChI is InChI=1S/C16H23NO2/c1-12-6-4-5-7-15(12)16(18)8-9-17-10-13(2)19-14(3)11-17/h4-7,13-14H,8-11H2,1-3H3. The first kappa shape index (κ1) is 14.2. The fraction of sp³-hybridized carbons (Fsp3) is 0.562. The van der Waals surface area contributed by atoms with Crippen molar-refractivity contribution < 1.29 is 9.53 Å². The van der Waals surface area contributed by atoms with Gasteiger partial charge in [0, 0.05) is 31.6 Å². The molecule has 0 bridgehead atoms. The Hall–Kier alpha value is -1.19. The largest absolute Gasteiger partial charge is 0.373 e. The number of benzene rings is 1. The zero-order valence-corrected chi connectivity index (χ0v) is 12.1. The van der Waals surface area contributed by atoms with Crippen molar-refractivity contribution in [2.75, 3.05) is 19.6 Å². The molecule has 0 saturated carbocycles. The van der Waals surface area contributed by atoms with Gasteiger partial charge < -0.3 is 4.74 Å². The summed E-state index contributed by atoms with van der Waals surface area (Å²) in [7, 11) is 0. The first-order valence-electron chi connectivity index (χ1n) is 7.03. The molecule has 3 nitrogen and oxygen atoms in total. The Morgan fingerprint density at radius 1 is 1.26 bits per heavy atom. The number of hydrogen-bond acceptors (Lipinski definition) is 3. The van der Waals surface area contributed by atoms with Crippen molar-refractivity contribution >= 4 is 5.78 Å². The van der Waals surface area contributed by atoms with Gasteiger partial charge in [-0.3, -0.25) is 9.69 Å². The Kier molecular flexibility index (Phi) is 4.72. The second kappa shape index (κ2) is 6.31. The Morgan fingerprint density at radius 3 is 2.53 bits per heavy atom. The third-order valence-corrected chi connectivity index (χ3v) is 3.60. The Balaban J connectivity index is 1.89. The molecule has 1 aliphatic rings. The lowest BCUT2D eigenvalue weighted by Gasteiger charge is -2.35. The van der Waals surface area contributed by atoms with Gasteiger partial charge in [0.2, 0.25) is 0 Å². The summed E-state index contributed by atoms with van der Waals surface area (Å²) in [6.07, 6.45) is 1.11. The molecule has 0 N–H and O–H groups in total. The van der Waals surface area contributed by atoms with Crippen molar-refractivity contribution in [1.82, 2.24) is 4.90 Å². The number of Topliss-reactive ketones (excluding diaryl/α,β-unsaturated/α-hetero) is 1. The van der Waals surface area contributed by atoms with Gasteiger partial charge in [0.25, 0.3) is 0 Å². The molecule has 19 heavy (non-hydrogen) atoms. The minimum atomic E-state index is 0.241. The van der Waals surface area contributed by atoms with Crippen LogP contribution < -0.4 is 0 Å². The van der Waals surface area contributed by atoms with Crippen LogP contribution in [-0.2, 0) is 4.74 Å². The molecule has 2 atom stereocenters. The predicted octanol–water partition coefficient (Wildman–Crippen LogP) is 2.68. The van der Waals surface area contributed by atoms with E-state index in [1.54, 1.807) is 0 Å². The van der Waals surface area contributed by atoms with Crippen molar-refractivity contribution in [3.63, 3.8) is 0 Å². The van der Waals surface area contributed by atoms with Crippen molar-refractivity contribution in [2.24, 2.45) is 0 Å². The average Bonchev–Trinajstić information content (AvgIpc) is 2.35. The lowest BCUT2D eigenvalue weighted by Crippen LogP contribution is -2.46. The van der Waals surface area contributed by atoms with E-state index in [0.29, 0.717) is 6.42 Å². The summed E-state index contributed by atoms with van der Waals surface area (Å²) in [5.41, 5.74) is 1.92. The van der Waals surface area contributed by atoms with Crippen LogP contribution in [0.1, 0.15) is 36.2 Å². The number of ether oxygens (including phenoxy) is 1. The molecule has 0 radical (unpaired) electrons. The zero-order valence-electron chi connectivity index (χ0n) is 12.1. The first-order chi connectivity index (χ1) is 9.06. The summed E-state index contributed by atoms with van der Waals surface area (Å²) in [5, 5.41) is 0. The quantitative estimate of drug-likeness (QED) is 0.780. The molecule has 1 aliphatic heterocycles. The molecule has 1 aromatic carbocycles. The molecule has 2 rings (SSSR count). The maximum atomic E-state index is 12.2. The Labute approximate surface area is 115 Å². The number of nitrogens with zero attached hydrogens (tertiary/aromatic N) is 1. The number of aryl methyl sites for hydroxylation is 1. The van der Waals surface area contributed by atoms with Crippen LogP contribution in [-0.4, -0.2) is 42.5 Å². The van der Waals surface area contributed by atoms with Crippen molar-refractivity contribution in [2.45, 2.75) is 39.4 Å². The van der Waals surface area contributed by atoms with E-state index in [2.05, 4.69) is 18.7 Å². The number of carbonyl (C=O) groups is 1. The minimum Gasteiger partial charge on any atom is -0.373 e. The van der Waals surface area contributed by atoms with Crippen LogP contribution in [0.15, 0.2) is 24.3 Å². The molecule has 1 saturated heterocycles. The van der Waals surface area contributed by atoms with E-state index in [0.717, 1.165) is 30.8 Å². The van der Waals surface area contributed by atoms with Gasteiger partial charge in [0.1, 0.15) is 0 Å². The third kappa shape index (κ3) is 3.88. The molecule has 0 spiro atoms. The van der Waals surface area contributed by atoms with Gasteiger partial charge in [-0.15, -0.1) is 0 Å². The maximum absolute atomic E-state index is 12.2. The molecule has 0 aromatic heterocycles. The van der Waals surface area contributed by atoms with E-state index in [4.69, 9.17) is 4.74 Å². The lowest BCUT2D eigenvalue weighted by molar-refractivity contribution is -0.0675. The maximum Gasteiger partial charge on any atom is 0.164 e. The molecular weight excluding hydrogens is 238 g/mol. The fourth-order valence-corrected chi connectivity index (χ4v) is 2.75. The Morgan fingerprint density at radius 2 is 1.89 bits per heavy atom. The van der Waals surface area contributed by atoms with Gasteiger partial charge in [-0.05, 0) is 26.3 Å². The summed E-state index contributed by atoms with van der Waals surface area (Å²) in [6, 6.07) is 7.81. The van der Waals surface area contributed by atoms with Gasteiger partial charge in [-0.25, -0.2) is 0 Å². The summed E-state index contributed by atoms with van der Waals surface area (Å²) in [4.78, 5) is 14.5. The number of morpholine rings is 1. The molecule has 3 heteroatoms. The summed E-state index contributed by atoms with van der Waals surface area (Å²) in [6.45, 7) is 8.84. The highest BCUT2D eigenvalue weighted by atomic mass is 16.5. The fourth-order valence-electron chi connectivity index (χ4n) is 2.75. The molecule has 104 valence electrons. The van der Waals surface area contributed by atoms with Crippen LogP contribution in [0.5, 0.6) is 0 Å². The van der Waals surface area contributed by atoms with Crippen LogP contribution >= 0.6 is 0 Å². The van der Waals surface area contributed by atoms with Gasteiger partial charge in [-0.2, -0.15) is 0 Å². The van der Waals surface area contributed by atoms with Gasteiger partial charge in [0.05, 0.1) is 12.2 Å². The average molecular weight is 261 g/mol. The second-order valence-corrected chi connectivity index (χ2v) is 5.50. The van der Waals surface area contributed by atoms with E-state index in [9.17, 15) is 4.79 Å². The Bertz CT molecular complexity index is 434. The summed E-state index contributed by atoms with van der Waals surface area (Å²) in [5.74, 6) is 0.241. The highest BCUT2D eigenvalue weighted by Crippen LogP contribution is 2.13. The number of ketones is 1. The normalized spacial score (nSPS) is 24.4. The number of rotatable bonds is 4. The van der Waals surface area contributed by atoms with E-state index in [1.165, 1.54) is 0 Å². The summed E-state index contributed by atoms with van der Waals surface area (Å²) >= 11 is 0. The molecule has 1 aromatic rings. The second-order valence-electron chi connectivity index (χ2n) is 5.50. The van der Waals surface area contributed by atoms with E-state index in [1.807, 2.05) is 31.2 Å². The first-order valence-corrected chi connectivity index (χ1v) is 7.03. The van der Waals surface area contributed by atoms with Gasteiger partial charge in [0.15, 0.2) is 5.78 Å². The topological polar surface area (TPSA) is 29.5 Å². The molecule has 2 unspecified atom stereocenters. The smallest absolute Gasteiger partial charge is 0.164 e. The van der Waals surface area contributed by atoms with Crippen LogP contribution in [0.3, 0.4) is 0 Å². The van der Waals surface area contributed by atoms with E-state index >= 15 is 0 Å². The monoisotopic (exact) mass is 261 g/mol. The lowest BCUT2D eigenvalue weighted by atomic mass is 10.0. The highest BCUT2D eigenvalue weighted by Gasteiger charge is 2.22. The zero-order chi connectivity index (χ0) is 13.8. The molecule has 0 amide bonds. The van der Waals surface area contributed by atoms with E-state index < -0.39 is 0 Å². The molecular formula is C16H23NO2. The van der Waals surface area contributed by atoms with Crippen LogP contribution in [0.2, 0.25) is 0 Å². The molecule has 1 heterocycles. The van der Waals surface area contributed by atoms with Crippen LogP contribution in [0, 0.1) is 6.92 Å². The van der Waals surface area contributed by atoms with Crippen LogP contribution in [0.25, 0.3) is 0 Å². The van der Waals surface area contributed by atoms with Crippen molar-refractivity contribution in [1.29, 1.82) is 0 Å².